The Morgan fingerprint density at radius 2 is 2.17 bits per heavy atom. The summed E-state index contributed by atoms with van der Waals surface area (Å²) in [6.07, 6.45) is -1.19. The minimum absolute atomic E-state index is 0.286. The van der Waals surface area contributed by atoms with Crippen LogP contribution in [0.2, 0.25) is 0 Å². The Hall–Kier alpha value is 0.0549. The van der Waals surface area contributed by atoms with E-state index < -0.39 is 25.9 Å². The first-order valence-electron chi connectivity index (χ1n) is 5.95. The summed E-state index contributed by atoms with van der Waals surface area (Å²) < 4.78 is 27.4. The van der Waals surface area contributed by atoms with Crippen molar-refractivity contribution in [3.05, 3.63) is 0 Å². The van der Waals surface area contributed by atoms with Crippen LogP contribution in [-0.2, 0) is 18.6 Å². The molecule has 0 amide bonds. The van der Waals surface area contributed by atoms with E-state index in [1.807, 2.05) is 0 Å². The molecule has 7 nitrogen and oxygen atoms in total. The molecule has 1 aliphatic heterocycles. The molecule has 0 aliphatic carbocycles. The molecule has 0 aromatic rings. The van der Waals surface area contributed by atoms with Crippen molar-refractivity contribution in [2.75, 3.05) is 26.4 Å². The van der Waals surface area contributed by atoms with Gasteiger partial charge in [-0.25, -0.2) is 0 Å². The minimum atomic E-state index is -3.66. The van der Waals surface area contributed by atoms with E-state index >= 15 is 0 Å². The van der Waals surface area contributed by atoms with E-state index in [-0.39, 0.29) is 12.6 Å². The monoisotopic (exact) mass is 281 g/mol. The van der Waals surface area contributed by atoms with Gasteiger partial charge in [-0.05, 0) is 13.0 Å². The Kier molecular flexibility index (Phi) is 6.27. The van der Waals surface area contributed by atoms with E-state index in [9.17, 15) is 14.6 Å². The van der Waals surface area contributed by atoms with E-state index in [0.29, 0.717) is 19.6 Å². The molecule has 1 aliphatic rings. The highest BCUT2D eigenvalue weighted by Gasteiger charge is 2.45. The van der Waals surface area contributed by atoms with Gasteiger partial charge in [0.1, 0.15) is 26.2 Å². The zero-order valence-electron chi connectivity index (χ0n) is 10.7. The maximum absolute atomic E-state index is 11.3. The Morgan fingerprint density at radius 3 is 2.67 bits per heavy atom. The second-order valence-corrected chi connectivity index (χ2v) is 6.23. The molecule has 1 rings (SSSR count). The summed E-state index contributed by atoms with van der Waals surface area (Å²) in [6.45, 7) is 1.74. The van der Waals surface area contributed by atoms with Crippen molar-refractivity contribution in [3.63, 3.8) is 0 Å². The summed E-state index contributed by atoms with van der Waals surface area (Å²) in [6, 6.07) is -0.309. The van der Waals surface area contributed by atoms with Crippen LogP contribution in [-0.4, -0.2) is 68.6 Å². The van der Waals surface area contributed by atoms with Crippen molar-refractivity contribution in [1.82, 2.24) is 0 Å². The van der Waals surface area contributed by atoms with Crippen LogP contribution < -0.4 is 5.73 Å². The number of ether oxygens (including phenoxy) is 2. The molecular weight excluding hydrogens is 260 g/mol. The van der Waals surface area contributed by atoms with Crippen molar-refractivity contribution in [2.24, 2.45) is 5.73 Å². The zero-order chi connectivity index (χ0) is 13.8. The lowest BCUT2D eigenvalue weighted by atomic mass is 9.93. The van der Waals surface area contributed by atoms with Crippen LogP contribution >= 0.6 is 7.60 Å². The van der Waals surface area contributed by atoms with Crippen molar-refractivity contribution < 1.29 is 28.6 Å². The van der Waals surface area contributed by atoms with Crippen LogP contribution in [0.25, 0.3) is 0 Å². The predicted molar refractivity (Wildman–Crippen MR) is 68.3 cm³/mol. The van der Waals surface area contributed by atoms with Crippen LogP contribution in [0.3, 0.4) is 0 Å². The van der Waals surface area contributed by atoms with E-state index in [2.05, 4.69) is 0 Å². The molecule has 106 valence electrons. The summed E-state index contributed by atoms with van der Waals surface area (Å²) in [5.74, 6) is 0. The molecule has 0 bridgehead atoms. The third-order valence-electron chi connectivity index (χ3n) is 2.70. The highest BCUT2D eigenvalue weighted by molar-refractivity contribution is 7.51. The molecule has 0 saturated carbocycles. The third-order valence-corrected chi connectivity index (χ3v) is 3.33. The Morgan fingerprint density at radius 1 is 1.50 bits per heavy atom. The SMILES string of the molecule is B[C@@H]1O[C@H](CO)[C@H](OP(C)(=O)O)C1OCCCN. The number of hydrogen-bond donors (Lipinski definition) is 3. The molecule has 0 radical (unpaired) electrons. The number of nitrogens with two attached hydrogens (primary N) is 1. The summed E-state index contributed by atoms with van der Waals surface area (Å²) in [7, 11) is -1.89. The average Bonchev–Trinajstić information content (AvgIpc) is 2.54. The summed E-state index contributed by atoms with van der Waals surface area (Å²) in [4.78, 5) is 9.29. The lowest BCUT2D eigenvalue weighted by Crippen LogP contribution is -2.38. The number of aliphatic hydroxyl groups excluding tert-OH is 1. The molecule has 2 unspecified atom stereocenters. The minimum Gasteiger partial charge on any atom is -0.394 e. The van der Waals surface area contributed by atoms with Gasteiger partial charge in [-0.15, -0.1) is 0 Å². The molecule has 5 atom stereocenters. The first kappa shape index (κ1) is 16.1. The fraction of sp³-hybridized carbons (Fsp3) is 1.00. The lowest BCUT2D eigenvalue weighted by Gasteiger charge is -2.24. The molecule has 4 N–H and O–H groups in total. The summed E-state index contributed by atoms with van der Waals surface area (Å²) in [5, 5.41) is 9.19. The standard InChI is InChI=1S/C9H21BNO6P/c1-18(13,14)17-7-6(5-12)16-9(10)8(7)15-4-2-3-11/h6-9,12H,2-5,10-11H2,1H3,(H,13,14)/t6-,7+,8?,9-/m1/s1. The van der Waals surface area contributed by atoms with E-state index in [1.165, 1.54) is 0 Å². The van der Waals surface area contributed by atoms with E-state index in [0.717, 1.165) is 6.66 Å². The van der Waals surface area contributed by atoms with Gasteiger partial charge in [0.2, 0.25) is 0 Å². The normalized spacial score (nSPS) is 35.6. The van der Waals surface area contributed by atoms with Gasteiger partial charge >= 0.3 is 7.60 Å². The molecule has 1 heterocycles. The van der Waals surface area contributed by atoms with Gasteiger partial charge in [-0.3, -0.25) is 9.09 Å². The molecule has 0 aromatic heterocycles. The maximum Gasteiger partial charge on any atom is 0.325 e. The van der Waals surface area contributed by atoms with Gasteiger partial charge in [0.05, 0.1) is 12.6 Å². The average molecular weight is 281 g/mol. The first-order valence-corrected chi connectivity index (χ1v) is 7.98. The van der Waals surface area contributed by atoms with Crippen LogP contribution in [0, 0.1) is 0 Å². The number of hydrogen-bond acceptors (Lipinski definition) is 6. The van der Waals surface area contributed by atoms with Crippen molar-refractivity contribution in [3.8, 4) is 0 Å². The molecular formula is C9H21BNO6P. The van der Waals surface area contributed by atoms with Crippen LogP contribution in [0.5, 0.6) is 0 Å². The first-order chi connectivity index (χ1) is 8.39. The van der Waals surface area contributed by atoms with Gasteiger partial charge in [-0.2, -0.15) is 0 Å². The quantitative estimate of drug-likeness (QED) is 0.289. The molecule has 1 saturated heterocycles. The Bertz CT molecular complexity index is 301. The Balaban J connectivity index is 2.67. The van der Waals surface area contributed by atoms with E-state index in [4.69, 9.17) is 19.7 Å². The topological polar surface area (TPSA) is 111 Å². The summed E-state index contributed by atoms with van der Waals surface area (Å²) in [5.41, 5.74) is 5.37. The van der Waals surface area contributed by atoms with Gasteiger partial charge in [0.25, 0.3) is 0 Å². The second-order valence-electron chi connectivity index (χ2n) is 4.41. The van der Waals surface area contributed by atoms with Gasteiger partial charge in [0.15, 0.2) is 0 Å². The second kappa shape index (κ2) is 7.00. The number of aliphatic hydroxyl groups is 1. The highest BCUT2D eigenvalue weighted by atomic mass is 31.2. The molecule has 0 spiro atoms. The lowest BCUT2D eigenvalue weighted by molar-refractivity contribution is -0.0193. The fourth-order valence-electron chi connectivity index (χ4n) is 1.94. The van der Waals surface area contributed by atoms with Gasteiger partial charge in [-0.1, -0.05) is 0 Å². The molecule has 9 heteroatoms. The number of rotatable bonds is 7. The van der Waals surface area contributed by atoms with Gasteiger partial charge in [0, 0.05) is 13.3 Å². The van der Waals surface area contributed by atoms with Crippen molar-refractivity contribution in [2.45, 2.75) is 30.7 Å². The molecule has 1 fully saturated rings. The Labute approximate surface area is 108 Å². The maximum atomic E-state index is 11.3. The molecule has 18 heavy (non-hydrogen) atoms. The third kappa shape index (κ3) is 4.62. The largest absolute Gasteiger partial charge is 0.394 e. The summed E-state index contributed by atoms with van der Waals surface area (Å²) >= 11 is 0. The predicted octanol–water partition coefficient (Wildman–Crippen LogP) is -1.73. The smallest absolute Gasteiger partial charge is 0.325 e. The van der Waals surface area contributed by atoms with Crippen molar-refractivity contribution in [1.29, 1.82) is 0 Å². The van der Waals surface area contributed by atoms with Crippen LogP contribution in [0.1, 0.15) is 6.42 Å². The van der Waals surface area contributed by atoms with Gasteiger partial charge < -0.3 is 25.2 Å². The van der Waals surface area contributed by atoms with Crippen LogP contribution in [0.15, 0.2) is 0 Å². The molecule has 0 aromatic carbocycles. The van der Waals surface area contributed by atoms with Crippen molar-refractivity contribution >= 4 is 15.4 Å². The highest BCUT2D eigenvalue weighted by Crippen LogP contribution is 2.42. The van der Waals surface area contributed by atoms with E-state index in [1.54, 1.807) is 7.85 Å². The van der Waals surface area contributed by atoms with Crippen LogP contribution in [0.4, 0.5) is 0 Å². The fourth-order valence-corrected chi connectivity index (χ4v) is 2.65. The zero-order valence-corrected chi connectivity index (χ0v) is 11.6.